The van der Waals surface area contributed by atoms with Gasteiger partial charge in [-0.05, 0) is 10.9 Å². The van der Waals surface area contributed by atoms with Crippen molar-refractivity contribution in [2.24, 2.45) is 0 Å². The monoisotopic (exact) mass is 371 g/mol. The number of ether oxygens (including phenoxy) is 1. The summed E-state index contributed by atoms with van der Waals surface area (Å²) in [5.41, 5.74) is 2.50. The van der Waals surface area contributed by atoms with Crippen LogP contribution >= 0.6 is 0 Å². The molecule has 1 aliphatic heterocycles. The number of aliphatic hydroxyl groups is 2. The molecule has 0 saturated heterocycles. The number of carbonyl (C=O) groups excluding carboxylic acids is 1. The highest BCUT2D eigenvalue weighted by Gasteiger charge is 2.39. The van der Waals surface area contributed by atoms with Crippen LogP contribution in [-0.4, -0.2) is 39.8 Å². The van der Waals surface area contributed by atoms with Crippen LogP contribution in [0.3, 0.4) is 0 Å². The molecule has 2 heterocycles. The number of pyridine rings is 1. The number of carbonyl (C=O) groups is 1. The Morgan fingerprint density at radius 3 is 2.43 bits per heavy atom. The Morgan fingerprint density at radius 2 is 1.64 bits per heavy atom. The van der Waals surface area contributed by atoms with Crippen molar-refractivity contribution in [1.29, 1.82) is 0 Å². The van der Waals surface area contributed by atoms with Gasteiger partial charge in [-0.25, -0.2) is 4.98 Å². The number of aromatic nitrogens is 1. The van der Waals surface area contributed by atoms with Gasteiger partial charge in [-0.1, -0.05) is 66.7 Å². The predicted molar refractivity (Wildman–Crippen MR) is 107 cm³/mol. The Kier molecular flexibility index (Phi) is 3.86. The molecule has 5 nitrogen and oxygen atoms in total. The van der Waals surface area contributed by atoms with Crippen LogP contribution in [0.5, 0.6) is 5.88 Å². The Bertz CT molecular complexity index is 1220. The van der Waals surface area contributed by atoms with Crippen LogP contribution in [-0.2, 0) is 0 Å². The van der Waals surface area contributed by atoms with E-state index in [0.717, 1.165) is 27.2 Å². The minimum absolute atomic E-state index is 0.150. The van der Waals surface area contributed by atoms with Crippen LogP contribution in [0, 0.1) is 0 Å². The zero-order chi connectivity index (χ0) is 19.3. The van der Waals surface area contributed by atoms with Crippen molar-refractivity contribution in [3.63, 3.8) is 0 Å². The van der Waals surface area contributed by atoms with Gasteiger partial charge in [0, 0.05) is 16.3 Å². The van der Waals surface area contributed by atoms with Gasteiger partial charge in [0.2, 0.25) is 11.7 Å². The average molecular weight is 371 g/mol. The van der Waals surface area contributed by atoms with Crippen molar-refractivity contribution in [1.82, 2.24) is 4.98 Å². The first-order valence-electron chi connectivity index (χ1n) is 9.09. The summed E-state index contributed by atoms with van der Waals surface area (Å²) in [6.07, 6.45) is -2.46. The first-order valence-corrected chi connectivity index (χ1v) is 9.09. The SMILES string of the molecule is O=C1c2c(nc3c(ccc4ccccc43)c2-c2ccccc2)O[C@H](CO)[C@H]1O. The molecule has 5 heteroatoms. The number of fused-ring (bicyclic) bond motifs is 4. The summed E-state index contributed by atoms with van der Waals surface area (Å²) in [6.45, 7) is -0.470. The second-order valence-electron chi connectivity index (χ2n) is 6.86. The van der Waals surface area contributed by atoms with Crippen LogP contribution < -0.4 is 4.74 Å². The van der Waals surface area contributed by atoms with Crippen molar-refractivity contribution in [2.45, 2.75) is 12.2 Å². The maximum atomic E-state index is 13.0. The zero-order valence-corrected chi connectivity index (χ0v) is 14.9. The third-order valence-electron chi connectivity index (χ3n) is 5.22. The lowest BCUT2D eigenvalue weighted by Crippen LogP contribution is -2.45. The molecule has 28 heavy (non-hydrogen) atoms. The largest absolute Gasteiger partial charge is 0.468 e. The quantitative estimate of drug-likeness (QED) is 0.528. The van der Waals surface area contributed by atoms with Crippen molar-refractivity contribution < 1.29 is 19.7 Å². The fraction of sp³-hybridized carbons (Fsp3) is 0.130. The highest BCUT2D eigenvalue weighted by molar-refractivity contribution is 6.18. The number of benzene rings is 3. The molecule has 3 aromatic carbocycles. The molecule has 0 unspecified atom stereocenters. The predicted octanol–water partition coefficient (Wildman–Crippen LogP) is 3.35. The van der Waals surface area contributed by atoms with Crippen molar-refractivity contribution in [3.05, 3.63) is 72.3 Å². The average Bonchev–Trinajstić information content (AvgIpc) is 2.75. The van der Waals surface area contributed by atoms with Crippen LogP contribution in [0.25, 0.3) is 32.8 Å². The van der Waals surface area contributed by atoms with E-state index in [1.165, 1.54) is 0 Å². The summed E-state index contributed by atoms with van der Waals surface area (Å²) in [5, 5.41) is 22.6. The first kappa shape index (κ1) is 16.9. The second-order valence-corrected chi connectivity index (χ2v) is 6.86. The molecule has 1 aromatic heterocycles. The van der Waals surface area contributed by atoms with Gasteiger partial charge in [-0.2, -0.15) is 0 Å². The van der Waals surface area contributed by atoms with Gasteiger partial charge in [0.05, 0.1) is 17.7 Å². The van der Waals surface area contributed by atoms with Gasteiger partial charge < -0.3 is 14.9 Å². The van der Waals surface area contributed by atoms with E-state index in [1.54, 1.807) is 0 Å². The molecular formula is C23H17NO4. The van der Waals surface area contributed by atoms with Gasteiger partial charge in [0.15, 0.2) is 12.2 Å². The summed E-state index contributed by atoms with van der Waals surface area (Å²) in [5.74, 6) is -0.334. The lowest BCUT2D eigenvalue weighted by Gasteiger charge is -2.29. The molecule has 5 rings (SSSR count). The molecule has 0 aliphatic carbocycles. The third-order valence-corrected chi connectivity index (χ3v) is 5.22. The molecule has 0 fully saturated rings. The fourth-order valence-corrected chi connectivity index (χ4v) is 3.86. The number of rotatable bonds is 2. The maximum absolute atomic E-state index is 13.0. The molecule has 138 valence electrons. The van der Waals surface area contributed by atoms with E-state index >= 15 is 0 Å². The van der Waals surface area contributed by atoms with Gasteiger partial charge in [0.1, 0.15) is 0 Å². The maximum Gasteiger partial charge on any atom is 0.226 e. The molecular weight excluding hydrogens is 354 g/mol. The smallest absolute Gasteiger partial charge is 0.226 e. The van der Waals surface area contributed by atoms with Gasteiger partial charge in [-0.3, -0.25) is 4.79 Å². The van der Waals surface area contributed by atoms with E-state index in [0.29, 0.717) is 5.56 Å². The van der Waals surface area contributed by atoms with Crippen molar-refractivity contribution in [2.75, 3.05) is 6.61 Å². The topological polar surface area (TPSA) is 79.7 Å². The van der Waals surface area contributed by atoms with Crippen LogP contribution in [0.15, 0.2) is 66.7 Å². The highest BCUT2D eigenvalue weighted by Crippen LogP contribution is 2.41. The van der Waals surface area contributed by atoms with E-state index in [2.05, 4.69) is 4.98 Å². The third kappa shape index (κ3) is 2.41. The lowest BCUT2D eigenvalue weighted by molar-refractivity contribution is -0.00282. The summed E-state index contributed by atoms with van der Waals surface area (Å²) in [4.78, 5) is 17.7. The summed E-state index contributed by atoms with van der Waals surface area (Å²) >= 11 is 0. The first-order chi connectivity index (χ1) is 13.7. The summed E-state index contributed by atoms with van der Waals surface area (Å²) < 4.78 is 5.75. The van der Waals surface area contributed by atoms with Gasteiger partial charge in [-0.15, -0.1) is 0 Å². The number of Topliss-reactive ketones (excluding diaryl/α,β-unsaturated/α-hetero) is 1. The molecule has 0 amide bonds. The number of nitrogens with zero attached hydrogens (tertiary/aromatic N) is 1. The Hall–Kier alpha value is -3.28. The minimum Gasteiger partial charge on any atom is -0.468 e. The molecule has 0 bridgehead atoms. The number of aliphatic hydroxyl groups excluding tert-OH is 2. The van der Waals surface area contributed by atoms with E-state index in [-0.39, 0.29) is 11.4 Å². The molecule has 2 atom stereocenters. The molecule has 4 aromatic rings. The Labute approximate surface area is 160 Å². The van der Waals surface area contributed by atoms with Crippen molar-refractivity contribution >= 4 is 27.5 Å². The van der Waals surface area contributed by atoms with Crippen LogP contribution in [0.1, 0.15) is 10.4 Å². The standard InChI is InChI=1S/C23H17NO4/c25-12-17-21(26)22(27)19-18(14-7-2-1-3-8-14)16-11-10-13-6-4-5-9-15(13)20(16)24-23(19)28-17/h1-11,17,21,25-26H,12H2/t17-,21-/m1/s1. The molecule has 1 aliphatic rings. The van der Waals surface area contributed by atoms with Crippen molar-refractivity contribution in [3.8, 4) is 17.0 Å². The lowest BCUT2D eigenvalue weighted by atomic mass is 9.89. The van der Waals surface area contributed by atoms with Crippen LogP contribution in [0.2, 0.25) is 0 Å². The fourth-order valence-electron chi connectivity index (χ4n) is 3.86. The number of ketones is 1. The van der Waals surface area contributed by atoms with E-state index < -0.39 is 24.6 Å². The molecule has 0 saturated carbocycles. The second kappa shape index (κ2) is 6.41. The molecule has 0 radical (unpaired) electrons. The van der Waals surface area contributed by atoms with E-state index in [9.17, 15) is 15.0 Å². The Morgan fingerprint density at radius 1 is 0.893 bits per heavy atom. The zero-order valence-electron chi connectivity index (χ0n) is 14.9. The van der Waals surface area contributed by atoms with Gasteiger partial charge >= 0.3 is 0 Å². The minimum atomic E-state index is -1.43. The number of hydrogen-bond donors (Lipinski definition) is 2. The van der Waals surface area contributed by atoms with Crippen LogP contribution in [0.4, 0.5) is 0 Å². The van der Waals surface area contributed by atoms with E-state index in [4.69, 9.17) is 4.74 Å². The van der Waals surface area contributed by atoms with Gasteiger partial charge in [0.25, 0.3) is 0 Å². The highest BCUT2D eigenvalue weighted by atomic mass is 16.5. The summed E-state index contributed by atoms with van der Waals surface area (Å²) in [6, 6.07) is 21.4. The number of hydrogen-bond acceptors (Lipinski definition) is 5. The summed E-state index contributed by atoms with van der Waals surface area (Å²) in [7, 11) is 0. The molecule has 2 N–H and O–H groups in total. The molecule has 0 spiro atoms. The van der Waals surface area contributed by atoms with E-state index in [1.807, 2.05) is 66.7 Å². The Balaban J connectivity index is 1.94. The normalized spacial score (nSPS) is 18.9.